The van der Waals surface area contributed by atoms with E-state index < -0.39 is 5.60 Å². The predicted molar refractivity (Wildman–Crippen MR) is 58.1 cm³/mol. The molecule has 0 amide bonds. The largest absolute Gasteiger partial charge is 0.394 e. The van der Waals surface area contributed by atoms with Crippen LogP contribution >= 0.6 is 22.6 Å². The highest BCUT2D eigenvalue weighted by atomic mass is 127. The number of rotatable bonds is 4. The maximum Gasteiger partial charge on any atom is 0.129 e. The molecule has 0 rings (SSSR count). The molecular formula is C9H15IO2. The average molecular weight is 282 g/mol. The van der Waals surface area contributed by atoms with E-state index in [1.807, 2.05) is 29.5 Å². The number of hydrogen-bond acceptors (Lipinski definition) is 2. The first kappa shape index (κ1) is 12.2. The zero-order valence-electron chi connectivity index (χ0n) is 7.72. The molecule has 0 saturated heterocycles. The van der Waals surface area contributed by atoms with Crippen molar-refractivity contribution in [3.63, 3.8) is 0 Å². The van der Waals surface area contributed by atoms with Crippen molar-refractivity contribution in [3.8, 4) is 9.85 Å². The van der Waals surface area contributed by atoms with Gasteiger partial charge in [-0.3, -0.25) is 0 Å². The molecule has 0 bridgehead atoms. The maximum absolute atomic E-state index is 8.60. The fourth-order valence-electron chi connectivity index (χ4n) is 0.699. The SMILES string of the molecule is CC(C)C(C)(C#CI)OCCO. The molecule has 0 aliphatic heterocycles. The van der Waals surface area contributed by atoms with Gasteiger partial charge in [-0.2, -0.15) is 0 Å². The summed E-state index contributed by atoms with van der Waals surface area (Å²) in [5, 5.41) is 8.60. The molecule has 1 unspecified atom stereocenters. The standard InChI is InChI=1S/C9H15IO2/c1-8(2)9(3,4-5-10)12-7-6-11/h8,11H,6-7H2,1-3H3. The van der Waals surface area contributed by atoms with Gasteiger partial charge in [-0.1, -0.05) is 19.8 Å². The van der Waals surface area contributed by atoms with E-state index in [1.54, 1.807) is 0 Å². The van der Waals surface area contributed by atoms with Gasteiger partial charge in [0.15, 0.2) is 0 Å². The van der Waals surface area contributed by atoms with Crippen LogP contribution in [0, 0.1) is 15.8 Å². The smallest absolute Gasteiger partial charge is 0.129 e. The van der Waals surface area contributed by atoms with Crippen molar-refractivity contribution in [3.05, 3.63) is 0 Å². The van der Waals surface area contributed by atoms with E-state index in [1.165, 1.54) is 0 Å². The van der Waals surface area contributed by atoms with Gasteiger partial charge >= 0.3 is 0 Å². The Morgan fingerprint density at radius 1 is 1.58 bits per heavy atom. The van der Waals surface area contributed by atoms with Crippen LogP contribution in [0.25, 0.3) is 0 Å². The minimum atomic E-state index is -0.427. The lowest BCUT2D eigenvalue weighted by molar-refractivity contribution is -0.0341. The first-order chi connectivity index (χ1) is 5.56. The monoisotopic (exact) mass is 282 g/mol. The van der Waals surface area contributed by atoms with Crippen LogP contribution < -0.4 is 0 Å². The van der Waals surface area contributed by atoms with Crippen molar-refractivity contribution in [1.29, 1.82) is 0 Å². The fraction of sp³-hybridized carbons (Fsp3) is 0.778. The number of aliphatic hydroxyl groups excluding tert-OH is 1. The normalized spacial score (nSPS) is 15.2. The van der Waals surface area contributed by atoms with Gasteiger partial charge in [-0.15, -0.1) is 0 Å². The van der Waals surface area contributed by atoms with Crippen LogP contribution in [0.5, 0.6) is 0 Å². The van der Waals surface area contributed by atoms with Gasteiger partial charge in [0.05, 0.1) is 13.2 Å². The lowest BCUT2D eigenvalue weighted by atomic mass is 9.93. The molecule has 0 heterocycles. The number of ether oxygens (including phenoxy) is 1. The van der Waals surface area contributed by atoms with Crippen LogP contribution in [0.3, 0.4) is 0 Å². The van der Waals surface area contributed by atoms with Gasteiger partial charge in [-0.25, -0.2) is 0 Å². The summed E-state index contributed by atoms with van der Waals surface area (Å²) in [6.45, 7) is 6.45. The Balaban J connectivity index is 4.25. The molecule has 70 valence electrons. The third-order valence-electron chi connectivity index (χ3n) is 1.89. The second-order valence-corrected chi connectivity index (χ2v) is 3.59. The Hall–Kier alpha value is 0.210. The van der Waals surface area contributed by atoms with Gasteiger partial charge in [0.25, 0.3) is 0 Å². The van der Waals surface area contributed by atoms with Gasteiger partial charge in [-0.05, 0) is 16.8 Å². The van der Waals surface area contributed by atoms with E-state index in [9.17, 15) is 0 Å². The molecule has 12 heavy (non-hydrogen) atoms. The van der Waals surface area contributed by atoms with Crippen LogP contribution in [0.2, 0.25) is 0 Å². The molecule has 0 aromatic heterocycles. The van der Waals surface area contributed by atoms with Crippen LogP contribution in [0.1, 0.15) is 20.8 Å². The molecule has 0 aliphatic rings. The summed E-state index contributed by atoms with van der Waals surface area (Å²) in [6, 6.07) is 0. The molecule has 0 spiro atoms. The highest BCUT2D eigenvalue weighted by molar-refractivity contribution is 14.1. The van der Waals surface area contributed by atoms with E-state index in [-0.39, 0.29) is 6.61 Å². The van der Waals surface area contributed by atoms with Crippen molar-refractivity contribution in [2.75, 3.05) is 13.2 Å². The molecular weight excluding hydrogens is 267 g/mol. The average Bonchev–Trinajstić information content (AvgIpc) is 2.01. The molecule has 0 aromatic rings. The molecule has 1 N–H and O–H groups in total. The second-order valence-electron chi connectivity index (χ2n) is 3.05. The fourth-order valence-corrected chi connectivity index (χ4v) is 1.23. The van der Waals surface area contributed by atoms with Crippen LogP contribution in [0.15, 0.2) is 0 Å². The lowest BCUT2D eigenvalue weighted by Crippen LogP contribution is -2.34. The summed E-state index contributed by atoms with van der Waals surface area (Å²) in [4.78, 5) is 0. The number of hydrogen-bond donors (Lipinski definition) is 1. The second kappa shape index (κ2) is 5.79. The molecule has 0 aliphatic carbocycles. The molecule has 3 heteroatoms. The highest BCUT2D eigenvalue weighted by Crippen LogP contribution is 2.20. The Labute approximate surface area is 87.8 Å². The Morgan fingerprint density at radius 2 is 2.17 bits per heavy atom. The summed E-state index contributed by atoms with van der Waals surface area (Å²) in [5.41, 5.74) is -0.427. The summed E-state index contributed by atoms with van der Waals surface area (Å²) >= 11 is 1.99. The zero-order valence-corrected chi connectivity index (χ0v) is 9.88. The minimum Gasteiger partial charge on any atom is -0.394 e. The van der Waals surface area contributed by atoms with Crippen molar-refractivity contribution < 1.29 is 9.84 Å². The topological polar surface area (TPSA) is 29.5 Å². The van der Waals surface area contributed by atoms with Crippen molar-refractivity contribution in [2.45, 2.75) is 26.4 Å². The quantitative estimate of drug-likeness (QED) is 0.629. The van der Waals surface area contributed by atoms with Crippen LogP contribution in [-0.4, -0.2) is 23.9 Å². The summed E-state index contributed by atoms with van der Waals surface area (Å²) in [5.74, 6) is 3.32. The predicted octanol–water partition coefficient (Wildman–Crippen LogP) is 1.81. The first-order valence-electron chi connectivity index (χ1n) is 3.94. The van der Waals surface area contributed by atoms with Crippen LogP contribution in [0.4, 0.5) is 0 Å². The molecule has 0 aromatic carbocycles. The highest BCUT2D eigenvalue weighted by Gasteiger charge is 2.26. The van der Waals surface area contributed by atoms with Gasteiger partial charge in [0, 0.05) is 22.6 Å². The Kier molecular flexibility index (Phi) is 5.89. The minimum absolute atomic E-state index is 0.0469. The molecule has 1 atom stereocenters. The third kappa shape index (κ3) is 3.74. The number of aliphatic hydroxyl groups is 1. The van der Waals surface area contributed by atoms with E-state index in [4.69, 9.17) is 9.84 Å². The first-order valence-corrected chi connectivity index (χ1v) is 5.02. The van der Waals surface area contributed by atoms with Gasteiger partial charge in [0.2, 0.25) is 0 Å². The van der Waals surface area contributed by atoms with Crippen molar-refractivity contribution >= 4 is 22.6 Å². The van der Waals surface area contributed by atoms with E-state index >= 15 is 0 Å². The summed E-state index contributed by atoms with van der Waals surface area (Å²) in [6.07, 6.45) is 0. The number of halogens is 1. The Morgan fingerprint density at radius 3 is 2.50 bits per heavy atom. The van der Waals surface area contributed by atoms with Gasteiger partial charge in [0.1, 0.15) is 5.60 Å². The lowest BCUT2D eigenvalue weighted by Gasteiger charge is -2.27. The van der Waals surface area contributed by atoms with Crippen LogP contribution in [-0.2, 0) is 4.74 Å². The van der Waals surface area contributed by atoms with E-state index in [0.29, 0.717) is 12.5 Å². The van der Waals surface area contributed by atoms with Crippen molar-refractivity contribution in [2.24, 2.45) is 5.92 Å². The maximum atomic E-state index is 8.60. The molecule has 2 nitrogen and oxygen atoms in total. The van der Waals surface area contributed by atoms with Crippen molar-refractivity contribution in [1.82, 2.24) is 0 Å². The molecule has 0 saturated carbocycles. The van der Waals surface area contributed by atoms with E-state index in [2.05, 4.69) is 23.7 Å². The van der Waals surface area contributed by atoms with E-state index in [0.717, 1.165) is 0 Å². The molecule has 0 radical (unpaired) electrons. The van der Waals surface area contributed by atoms with Gasteiger partial charge < -0.3 is 9.84 Å². The summed E-state index contributed by atoms with van der Waals surface area (Å²) in [7, 11) is 0. The zero-order chi connectivity index (χ0) is 9.61. The molecule has 0 fully saturated rings. The summed E-state index contributed by atoms with van der Waals surface area (Å²) < 4.78 is 8.26. The Bertz CT molecular complexity index is 181. The third-order valence-corrected chi connectivity index (χ3v) is 2.16.